The molecule has 2 aliphatic rings. The van der Waals surface area contributed by atoms with E-state index >= 15 is 0 Å². The van der Waals surface area contributed by atoms with E-state index in [1.54, 1.807) is 0 Å². The van der Waals surface area contributed by atoms with Crippen molar-refractivity contribution in [2.75, 3.05) is 26.4 Å². The van der Waals surface area contributed by atoms with Gasteiger partial charge in [-0.1, -0.05) is 36.4 Å². The average molecular weight is 412 g/mol. The molecule has 156 valence electrons. The fraction of sp³-hybridized carbons (Fsp3) is 0.308. The molecule has 0 bridgehead atoms. The third kappa shape index (κ3) is 3.20. The van der Waals surface area contributed by atoms with E-state index in [4.69, 9.17) is 14.2 Å². The van der Waals surface area contributed by atoms with Crippen LogP contribution in [0, 0.1) is 0 Å². The summed E-state index contributed by atoms with van der Waals surface area (Å²) in [5.41, 5.74) is 4.32. The molecule has 1 saturated carbocycles. The maximum atomic E-state index is 6.28. The second-order valence-corrected chi connectivity index (χ2v) is 8.22. The van der Waals surface area contributed by atoms with E-state index in [9.17, 15) is 0 Å². The van der Waals surface area contributed by atoms with Crippen LogP contribution >= 0.6 is 0 Å². The summed E-state index contributed by atoms with van der Waals surface area (Å²) in [5.74, 6) is 2.53. The van der Waals surface area contributed by atoms with Crippen molar-refractivity contribution in [3.63, 3.8) is 0 Å². The molecular weight excluding hydrogens is 388 g/mol. The fourth-order valence-electron chi connectivity index (χ4n) is 4.91. The maximum absolute atomic E-state index is 6.28. The van der Waals surface area contributed by atoms with Crippen molar-refractivity contribution >= 4 is 21.8 Å². The van der Waals surface area contributed by atoms with Gasteiger partial charge in [0.25, 0.3) is 0 Å². The highest BCUT2D eigenvalue weighted by atomic mass is 16.5. The van der Waals surface area contributed by atoms with Gasteiger partial charge in [0.15, 0.2) is 0 Å². The molecule has 5 heteroatoms. The lowest BCUT2D eigenvalue weighted by Gasteiger charge is -2.39. The van der Waals surface area contributed by atoms with Gasteiger partial charge in [-0.3, -0.25) is 9.97 Å². The molecule has 31 heavy (non-hydrogen) atoms. The van der Waals surface area contributed by atoms with E-state index in [1.807, 2.05) is 24.5 Å². The Morgan fingerprint density at radius 1 is 0.613 bits per heavy atom. The van der Waals surface area contributed by atoms with Gasteiger partial charge in [-0.05, 0) is 36.8 Å². The SMILES string of the molecule is c1cnc2c3c(ccc2c1)[C@H]1CC[C@H]1c1ccc2cccnc2c1OCCOCCO3. The zero-order valence-electron chi connectivity index (χ0n) is 17.3. The first-order valence-electron chi connectivity index (χ1n) is 11.0. The predicted molar refractivity (Wildman–Crippen MR) is 120 cm³/mol. The van der Waals surface area contributed by atoms with Gasteiger partial charge in [-0.15, -0.1) is 0 Å². The quantitative estimate of drug-likeness (QED) is 0.396. The van der Waals surface area contributed by atoms with Crippen LogP contribution in [-0.2, 0) is 4.74 Å². The van der Waals surface area contributed by atoms with E-state index in [-0.39, 0.29) is 0 Å². The molecule has 3 heterocycles. The van der Waals surface area contributed by atoms with Crippen LogP contribution in [0.5, 0.6) is 11.5 Å². The van der Waals surface area contributed by atoms with Crippen LogP contribution in [0.4, 0.5) is 0 Å². The molecular formula is C26H24N2O3. The average Bonchev–Trinajstić information content (AvgIpc) is 2.79. The van der Waals surface area contributed by atoms with Crippen LogP contribution in [0.3, 0.4) is 0 Å². The van der Waals surface area contributed by atoms with Gasteiger partial charge >= 0.3 is 0 Å². The van der Waals surface area contributed by atoms with E-state index in [0.717, 1.165) is 46.1 Å². The highest BCUT2D eigenvalue weighted by Crippen LogP contribution is 2.54. The predicted octanol–water partition coefficient (Wildman–Crippen LogP) is 5.23. The molecule has 1 fully saturated rings. The van der Waals surface area contributed by atoms with Gasteiger partial charge in [-0.2, -0.15) is 0 Å². The number of aromatic nitrogens is 2. The minimum Gasteiger partial charge on any atom is -0.489 e. The second-order valence-electron chi connectivity index (χ2n) is 8.22. The molecule has 0 N–H and O–H groups in total. The Kier molecular flexibility index (Phi) is 4.69. The number of hydrogen-bond donors (Lipinski definition) is 0. The number of fused-ring (bicyclic) bond motifs is 9. The zero-order chi connectivity index (χ0) is 20.6. The summed E-state index contributed by atoms with van der Waals surface area (Å²) in [7, 11) is 0. The first kappa shape index (κ1) is 18.6. The summed E-state index contributed by atoms with van der Waals surface area (Å²) < 4.78 is 18.3. The molecule has 2 aromatic carbocycles. The highest BCUT2D eigenvalue weighted by molar-refractivity contribution is 5.87. The Bertz CT molecular complexity index is 1160. The minimum atomic E-state index is 0.367. The summed E-state index contributed by atoms with van der Waals surface area (Å²) in [4.78, 5) is 9.30. The molecule has 0 amide bonds. The van der Waals surface area contributed by atoms with Crippen LogP contribution in [0.25, 0.3) is 21.8 Å². The molecule has 2 atom stereocenters. The molecule has 0 spiro atoms. The van der Waals surface area contributed by atoms with Crippen molar-refractivity contribution in [1.29, 1.82) is 0 Å². The van der Waals surface area contributed by atoms with Gasteiger partial charge in [0, 0.05) is 34.3 Å². The summed E-state index contributed by atoms with van der Waals surface area (Å²) in [6.07, 6.45) is 5.91. The lowest BCUT2D eigenvalue weighted by molar-refractivity contribution is 0.0769. The van der Waals surface area contributed by atoms with E-state index in [2.05, 4.69) is 46.4 Å². The summed E-state index contributed by atoms with van der Waals surface area (Å²) in [6, 6.07) is 16.9. The van der Waals surface area contributed by atoms with Crippen LogP contribution in [0.15, 0.2) is 60.9 Å². The minimum absolute atomic E-state index is 0.367. The number of hydrogen-bond acceptors (Lipinski definition) is 5. The van der Waals surface area contributed by atoms with Crippen molar-refractivity contribution in [2.45, 2.75) is 24.7 Å². The van der Waals surface area contributed by atoms with Gasteiger partial charge in [0.1, 0.15) is 35.7 Å². The van der Waals surface area contributed by atoms with Crippen molar-refractivity contribution in [2.24, 2.45) is 0 Å². The topological polar surface area (TPSA) is 53.5 Å². The molecule has 1 aliphatic heterocycles. The zero-order valence-corrected chi connectivity index (χ0v) is 17.3. The maximum Gasteiger partial charge on any atom is 0.149 e. The lowest BCUT2D eigenvalue weighted by atomic mass is 9.66. The highest BCUT2D eigenvalue weighted by Gasteiger charge is 2.38. The second kappa shape index (κ2) is 7.82. The van der Waals surface area contributed by atoms with Crippen LogP contribution in [0.2, 0.25) is 0 Å². The largest absolute Gasteiger partial charge is 0.489 e. The van der Waals surface area contributed by atoms with Gasteiger partial charge in [0.2, 0.25) is 0 Å². The number of pyridine rings is 2. The van der Waals surface area contributed by atoms with Crippen molar-refractivity contribution in [3.8, 4) is 11.5 Å². The molecule has 6 rings (SSSR count). The molecule has 0 radical (unpaired) electrons. The Morgan fingerprint density at radius 2 is 1.13 bits per heavy atom. The first-order valence-corrected chi connectivity index (χ1v) is 11.0. The van der Waals surface area contributed by atoms with Crippen molar-refractivity contribution in [3.05, 3.63) is 72.1 Å². The molecule has 1 aliphatic carbocycles. The molecule has 0 saturated heterocycles. The van der Waals surface area contributed by atoms with Crippen LogP contribution < -0.4 is 9.47 Å². The van der Waals surface area contributed by atoms with Crippen molar-refractivity contribution < 1.29 is 14.2 Å². The van der Waals surface area contributed by atoms with Gasteiger partial charge in [0.05, 0.1) is 13.2 Å². The normalized spacial score (nSPS) is 21.2. The molecule has 2 aromatic heterocycles. The summed E-state index contributed by atoms with van der Waals surface area (Å²) in [5, 5.41) is 2.20. The third-order valence-electron chi connectivity index (χ3n) is 6.54. The Morgan fingerprint density at radius 3 is 1.61 bits per heavy atom. The summed E-state index contributed by atoms with van der Waals surface area (Å²) >= 11 is 0. The van der Waals surface area contributed by atoms with Crippen LogP contribution in [0.1, 0.15) is 35.8 Å². The van der Waals surface area contributed by atoms with E-state index in [0.29, 0.717) is 38.3 Å². The number of ether oxygens (including phenoxy) is 3. The monoisotopic (exact) mass is 412 g/mol. The molecule has 5 nitrogen and oxygen atoms in total. The number of rotatable bonds is 0. The van der Waals surface area contributed by atoms with Gasteiger partial charge < -0.3 is 14.2 Å². The lowest BCUT2D eigenvalue weighted by Crippen LogP contribution is -2.23. The Hall–Kier alpha value is -3.18. The summed E-state index contributed by atoms with van der Waals surface area (Å²) in [6.45, 7) is 2.02. The van der Waals surface area contributed by atoms with Gasteiger partial charge in [-0.25, -0.2) is 0 Å². The third-order valence-corrected chi connectivity index (χ3v) is 6.54. The Labute approximate surface area is 181 Å². The first-order chi connectivity index (χ1) is 15.4. The van der Waals surface area contributed by atoms with Crippen LogP contribution in [-0.4, -0.2) is 36.4 Å². The number of nitrogens with zero attached hydrogens (tertiary/aromatic N) is 2. The fourth-order valence-corrected chi connectivity index (χ4v) is 4.91. The van der Waals surface area contributed by atoms with E-state index in [1.165, 1.54) is 11.1 Å². The van der Waals surface area contributed by atoms with E-state index < -0.39 is 0 Å². The standard InChI is InChI=1S/C26H24N2O3/c1-3-17-5-7-21-19-9-10-20(19)22-8-6-18-4-2-12-28-24(18)26(22)31-16-14-29-13-15-30-25(21)23(17)27-11-1/h1-8,11-12,19-20H,9-10,13-16H2/t19-,20+. The molecule has 0 unspecified atom stereocenters. The smallest absolute Gasteiger partial charge is 0.149 e. The molecule has 4 aromatic rings. The van der Waals surface area contributed by atoms with Crippen molar-refractivity contribution in [1.82, 2.24) is 9.97 Å². The Balaban J connectivity index is 1.51. The number of benzene rings is 2.